The summed E-state index contributed by atoms with van der Waals surface area (Å²) in [5.74, 6) is 1.72. The molecule has 0 saturated heterocycles. The third kappa shape index (κ3) is 3.39. The fourth-order valence-corrected chi connectivity index (χ4v) is 4.89. The van der Waals surface area contributed by atoms with Crippen LogP contribution in [0.15, 0.2) is 0 Å². The van der Waals surface area contributed by atoms with Crippen LogP contribution in [0.3, 0.4) is 0 Å². The lowest BCUT2D eigenvalue weighted by Gasteiger charge is -2.44. The van der Waals surface area contributed by atoms with Crippen LogP contribution in [0, 0.1) is 23.2 Å². The number of rotatable bonds is 2. The number of nitrogens with one attached hydrogen (secondary N) is 1. The lowest BCUT2D eigenvalue weighted by Crippen LogP contribution is -2.51. The number of fused-ring (bicyclic) bond motifs is 2. The maximum atomic E-state index is 12.6. The largest absolute Gasteiger partial charge is 0.353 e. The molecule has 3 N–H and O–H groups in total. The van der Waals surface area contributed by atoms with Crippen LogP contribution >= 0.6 is 12.4 Å². The third-order valence-electron chi connectivity index (χ3n) is 6.36. The third-order valence-corrected chi connectivity index (χ3v) is 6.36. The van der Waals surface area contributed by atoms with E-state index < -0.39 is 0 Å². The van der Waals surface area contributed by atoms with E-state index in [9.17, 15) is 4.79 Å². The minimum atomic E-state index is 0. The van der Waals surface area contributed by atoms with Crippen molar-refractivity contribution in [3.63, 3.8) is 0 Å². The minimum Gasteiger partial charge on any atom is -0.353 e. The van der Waals surface area contributed by atoms with Crippen molar-refractivity contribution < 1.29 is 4.79 Å². The number of hydrogen-bond acceptors (Lipinski definition) is 2. The maximum Gasteiger partial charge on any atom is 0.223 e. The molecule has 2 bridgehead atoms. The minimum absolute atomic E-state index is 0. The fourth-order valence-electron chi connectivity index (χ4n) is 4.89. The summed E-state index contributed by atoms with van der Waals surface area (Å²) in [6.45, 7) is 4.58. The SMILES string of the molecule is CC1(C)CCCC1NC(=O)C1CC2CCCC(C1)C2N.Cl. The van der Waals surface area contributed by atoms with Crippen molar-refractivity contribution in [2.45, 2.75) is 77.3 Å². The predicted octanol–water partition coefficient (Wildman–Crippen LogP) is 3.26. The lowest BCUT2D eigenvalue weighted by atomic mass is 9.65. The van der Waals surface area contributed by atoms with Crippen molar-refractivity contribution in [1.82, 2.24) is 5.32 Å². The summed E-state index contributed by atoms with van der Waals surface area (Å²) in [6.07, 6.45) is 9.46. The molecule has 4 heteroatoms. The predicted molar refractivity (Wildman–Crippen MR) is 88.3 cm³/mol. The normalized spacial score (nSPS) is 41.2. The summed E-state index contributed by atoms with van der Waals surface area (Å²) < 4.78 is 0. The number of halogens is 1. The molecule has 0 aromatic heterocycles. The smallest absolute Gasteiger partial charge is 0.223 e. The first-order valence-corrected chi connectivity index (χ1v) is 8.53. The molecular formula is C17H31ClN2O. The summed E-state index contributed by atoms with van der Waals surface area (Å²) >= 11 is 0. The van der Waals surface area contributed by atoms with Crippen LogP contribution in [0.5, 0.6) is 0 Å². The number of amides is 1. The summed E-state index contributed by atoms with van der Waals surface area (Å²) in [4.78, 5) is 12.6. The van der Waals surface area contributed by atoms with E-state index in [0.29, 0.717) is 29.8 Å². The van der Waals surface area contributed by atoms with E-state index in [1.807, 2.05) is 0 Å². The Bertz CT molecular complexity index is 371. The first-order valence-electron chi connectivity index (χ1n) is 8.53. The second kappa shape index (κ2) is 6.45. The molecular weight excluding hydrogens is 284 g/mol. The topological polar surface area (TPSA) is 55.1 Å². The summed E-state index contributed by atoms with van der Waals surface area (Å²) in [5.41, 5.74) is 6.60. The average molecular weight is 315 g/mol. The Morgan fingerprint density at radius 3 is 2.24 bits per heavy atom. The lowest BCUT2D eigenvalue weighted by molar-refractivity contribution is -0.129. The standard InChI is InChI=1S/C17H30N2O.ClH/c1-17(2)8-4-7-14(17)19-16(20)13-9-11-5-3-6-12(10-13)15(11)18;/h11-15H,3-10,18H2,1-2H3,(H,19,20);1H. The highest BCUT2D eigenvalue weighted by Crippen LogP contribution is 2.43. The fraction of sp³-hybridized carbons (Fsp3) is 0.941. The van der Waals surface area contributed by atoms with E-state index in [2.05, 4.69) is 19.2 Å². The van der Waals surface area contributed by atoms with Gasteiger partial charge in [0.15, 0.2) is 0 Å². The van der Waals surface area contributed by atoms with Crippen LogP contribution in [0.1, 0.15) is 65.2 Å². The Balaban J connectivity index is 0.00000161. The van der Waals surface area contributed by atoms with Crippen molar-refractivity contribution in [3.05, 3.63) is 0 Å². The van der Waals surface area contributed by atoms with Crippen molar-refractivity contribution in [1.29, 1.82) is 0 Å². The molecule has 0 aromatic rings. The van der Waals surface area contributed by atoms with Gasteiger partial charge in [0.05, 0.1) is 0 Å². The zero-order chi connectivity index (χ0) is 14.3. The van der Waals surface area contributed by atoms with Crippen molar-refractivity contribution in [3.8, 4) is 0 Å². The highest BCUT2D eigenvalue weighted by Gasteiger charge is 2.42. The Labute approximate surface area is 135 Å². The van der Waals surface area contributed by atoms with E-state index in [1.54, 1.807) is 0 Å². The number of nitrogens with two attached hydrogens (primary N) is 1. The van der Waals surface area contributed by atoms with Gasteiger partial charge in [-0.15, -0.1) is 12.4 Å². The van der Waals surface area contributed by atoms with E-state index in [0.717, 1.165) is 19.3 Å². The first-order chi connectivity index (χ1) is 9.47. The first kappa shape index (κ1) is 17.1. The quantitative estimate of drug-likeness (QED) is 0.822. The van der Waals surface area contributed by atoms with Gasteiger partial charge >= 0.3 is 0 Å². The van der Waals surface area contributed by atoms with Gasteiger partial charge in [-0.05, 0) is 55.8 Å². The summed E-state index contributed by atoms with van der Waals surface area (Å²) in [7, 11) is 0. The summed E-state index contributed by atoms with van der Waals surface area (Å²) in [6, 6.07) is 0.737. The molecule has 122 valence electrons. The van der Waals surface area contributed by atoms with Crippen LogP contribution in [-0.2, 0) is 4.79 Å². The van der Waals surface area contributed by atoms with Gasteiger partial charge < -0.3 is 11.1 Å². The molecule has 3 saturated carbocycles. The van der Waals surface area contributed by atoms with Gasteiger partial charge in [-0.25, -0.2) is 0 Å². The Hall–Kier alpha value is -0.280. The zero-order valence-electron chi connectivity index (χ0n) is 13.4. The molecule has 0 aliphatic heterocycles. The highest BCUT2D eigenvalue weighted by molar-refractivity contribution is 5.85. The molecule has 0 heterocycles. The maximum absolute atomic E-state index is 12.6. The van der Waals surface area contributed by atoms with Crippen LogP contribution in [0.4, 0.5) is 0 Å². The molecule has 3 nitrogen and oxygen atoms in total. The van der Waals surface area contributed by atoms with E-state index in [1.165, 1.54) is 32.1 Å². The van der Waals surface area contributed by atoms with E-state index >= 15 is 0 Å². The van der Waals surface area contributed by atoms with Gasteiger partial charge in [0, 0.05) is 18.0 Å². The number of hydrogen-bond donors (Lipinski definition) is 2. The molecule has 3 aliphatic rings. The molecule has 0 aromatic carbocycles. The van der Waals surface area contributed by atoms with Crippen LogP contribution in [0.25, 0.3) is 0 Å². The number of carbonyl (C=O) groups is 1. The molecule has 1 amide bonds. The molecule has 3 atom stereocenters. The van der Waals surface area contributed by atoms with Gasteiger partial charge in [-0.3, -0.25) is 4.79 Å². The van der Waals surface area contributed by atoms with Gasteiger partial charge in [0.25, 0.3) is 0 Å². The van der Waals surface area contributed by atoms with E-state index in [-0.39, 0.29) is 23.7 Å². The zero-order valence-corrected chi connectivity index (χ0v) is 14.3. The Kier molecular flexibility index (Phi) is 5.25. The monoisotopic (exact) mass is 314 g/mol. The van der Waals surface area contributed by atoms with Gasteiger partial charge in [0.2, 0.25) is 5.91 Å². The molecule has 0 radical (unpaired) electrons. The Morgan fingerprint density at radius 1 is 1.10 bits per heavy atom. The van der Waals surface area contributed by atoms with E-state index in [4.69, 9.17) is 5.73 Å². The molecule has 3 rings (SSSR count). The van der Waals surface area contributed by atoms with Gasteiger partial charge in [0.1, 0.15) is 0 Å². The average Bonchev–Trinajstić information content (AvgIpc) is 2.68. The molecule has 3 unspecified atom stereocenters. The van der Waals surface area contributed by atoms with Crippen molar-refractivity contribution >= 4 is 18.3 Å². The Morgan fingerprint density at radius 2 is 1.71 bits per heavy atom. The second-order valence-corrected chi connectivity index (χ2v) is 8.14. The summed E-state index contributed by atoms with van der Waals surface area (Å²) in [5, 5.41) is 3.36. The molecule has 3 aliphatic carbocycles. The van der Waals surface area contributed by atoms with Crippen molar-refractivity contribution in [2.24, 2.45) is 28.9 Å². The second-order valence-electron chi connectivity index (χ2n) is 8.14. The van der Waals surface area contributed by atoms with Crippen LogP contribution < -0.4 is 11.1 Å². The number of carbonyl (C=O) groups excluding carboxylic acids is 1. The molecule has 3 fully saturated rings. The van der Waals surface area contributed by atoms with Gasteiger partial charge in [-0.1, -0.05) is 26.7 Å². The van der Waals surface area contributed by atoms with Crippen LogP contribution in [-0.4, -0.2) is 18.0 Å². The highest BCUT2D eigenvalue weighted by atomic mass is 35.5. The van der Waals surface area contributed by atoms with Crippen LogP contribution in [0.2, 0.25) is 0 Å². The van der Waals surface area contributed by atoms with Crippen molar-refractivity contribution in [2.75, 3.05) is 0 Å². The molecule has 0 spiro atoms. The molecule has 21 heavy (non-hydrogen) atoms. The van der Waals surface area contributed by atoms with Gasteiger partial charge in [-0.2, -0.15) is 0 Å².